The highest BCUT2D eigenvalue weighted by atomic mass is 32.2. The largest absolute Gasteiger partial charge is 0.356 e. The molecule has 0 aliphatic carbocycles. The lowest BCUT2D eigenvalue weighted by Crippen LogP contribution is -2.14. The number of unbranched alkanes of at least 4 members (excludes halogenated alkanes) is 1. The van der Waals surface area contributed by atoms with Crippen molar-refractivity contribution >= 4 is 16.7 Å². The molecule has 98 valence electrons. The summed E-state index contributed by atoms with van der Waals surface area (Å²) in [5.41, 5.74) is 0. The lowest BCUT2D eigenvalue weighted by molar-refractivity contribution is 0.621. The van der Waals surface area contributed by atoms with Crippen LogP contribution < -0.4 is 5.32 Å². The molecule has 1 N–H and O–H groups in total. The maximum absolute atomic E-state index is 11.3. The first-order valence-electron chi connectivity index (χ1n) is 6.22. The van der Waals surface area contributed by atoms with Crippen LogP contribution in [0.1, 0.15) is 33.1 Å². The molecule has 0 bridgehead atoms. The molecule has 17 heavy (non-hydrogen) atoms. The van der Waals surface area contributed by atoms with Gasteiger partial charge < -0.3 is 9.88 Å². The van der Waals surface area contributed by atoms with E-state index in [0.29, 0.717) is 0 Å². The minimum Gasteiger partial charge on any atom is -0.356 e. The first kappa shape index (κ1) is 14.2. The number of aromatic nitrogens is 2. The van der Waals surface area contributed by atoms with E-state index >= 15 is 0 Å². The number of hydrogen-bond donors (Lipinski definition) is 1. The summed E-state index contributed by atoms with van der Waals surface area (Å²) in [5, 5.41) is 3.56. The van der Waals surface area contributed by atoms with Gasteiger partial charge >= 0.3 is 0 Å². The van der Waals surface area contributed by atoms with Gasteiger partial charge in [0.15, 0.2) is 0 Å². The molecule has 0 spiro atoms. The van der Waals surface area contributed by atoms with Gasteiger partial charge in [0.2, 0.25) is 5.95 Å². The van der Waals surface area contributed by atoms with Gasteiger partial charge in [0.05, 0.1) is 0 Å². The standard InChI is InChI=1S/C12H23N3OS/c1-4-5-7-13-12-14-8-10-15(12)9-6-11(2)17(3)16/h8,10-11H,4-7,9H2,1-3H3,(H,13,14). The molecule has 0 aromatic carbocycles. The molecule has 5 heteroatoms. The Kier molecular flexibility index (Phi) is 6.26. The predicted molar refractivity (Wildman–Crippen MR) is 73.8 cm³/mol. The van der Waals surface area contributed by atoms with Crippen LogP contribution in [0.25, 0.3) is 0 Å². The van der Waals surface area contributed by atoms with E-state index in [1.807, 2.05) is 19.3 Å². The van der Waals surface area contributed by atoms with Crippen molar-refractivity contribution in [1.29, 1.82) is 0 Å². The van der Waals surface area contributed by atoms with Crippen LogP contribution in [-0.2, 0) is 17.3 Å². The predicted octanol–water partition coefficient (Wildman–Crippen LogP) is 2.25. The highest BCUT2D eigenvalue weighted by Crippen LogP contribution is 2.08. The van der Waals surface area contributed by atoms with Crippen molar-refractivity contribution in [3.05, 3.63) is 12.4 Å². The summed E-state index contributed by atoms with van der Waals surface area (Å²) >= 11 is 0. The SMILES string of the molecule is CCCCNc1nccn1CCC(C)S(C)=O. The lowest BCUT2D eigenvalue weighted by Gasteiger charge is -2.12. The molecular weight excluding hydrogens is 234 g/mol. The molecule has 0 aliphatic heterocycles. The quantitative estimate of drug-likeness (QED) is 0.727. The van der Waals surface area contributed by atoms with Crippen LogP contribution >= 0.6 is 0 Å². The van der Waals surface area contributed by atoms with Gasteiger partial charge in [-0.15, -0.1) is 0 Å². The van der Waals surface area contributed by atoms with Crippen LogP contribution in [0.3, 0.4) is 0 Å². The third-order valence-corrected chi connectivity index (χ3v) is 4.24. The van der Waals surface area contributed by atoms with Crippen molar-refractivity contribution < 1.29 is 4.21 Å². The molecule has 1 rings (SSSR count). The minimum absolute atomic E-state index is 0.237. The van der Waals surface area contributed by atoms with Crippen LogP contribution in [0.4, 0.5) is 5.95 Å². The Labute approximate surface area is 106 Å². The first-order valence-corrected chi connectivity index (χ1v) is 7.84. The molecule has 1 aromatic rings. The normalized spacial score (nSPS) is 14.5. The average molecular weight is 257 g/mol. The Morgan fingerprint density at radius 1 is 1.59 bits per heavy atom. The maximum Gasteiger partial charge on any atom is 0.202 e. The molecule has 2 unspecified atom stereocenters. The molecule has 4 nitrogen and oxygen atoms in total. The average Bonchev–Trinajstić information content (AvgIpc) is 2.74. The zero-order chi connectivity index (χ0) is 12.7. The van der Waals surface area contributed by atoms with Crippen molar-refractivity contribution in [2.75, 3.05) is 18.1 Å². The summed E-state index contributed by atoms with van der Waals surface area (Å²) in [5.74, 6) is 0.924. The van der Waals surface area contributed by atoms with Crippen LogP contribution in [0, 0.1) is 0 Å². The van der Waals surface area contributed by atoms with Crippen LogP contribution in [0.2, 0.25) is 0 Å². The summed E-state index contributed by atoms with van der Waals surface area (Å²) in [6.07, 6.45) is 8.80. The van der Waals surface area contributed by atoms with Crippen molar-refractivity contribution in [1.82, 2.24) is 9.55 Å². The van der Waals surface area contributed by atoms with E-state index in [2.05, 4.69) is 21.8 Å². The second-order valence-corrected chi connectivity index (χ2v) is 6.12. The number of imidazole rings is 1. The molecule has 2 atom stereocenters. The molecule has 0 radical (unpaired) electrons. The Hall–Kier alpha value is -0.840. The second-order valence-electron chi connectivity index (χ2n) is 4.32. The summed E-state index contributed by atoms with van der Waals surface area (Å²) in [6, 6.07) is 0. The zero-order valence-corrected chi connectivity index (χ0v) is 11.8. The Morgan fingerprint density at radius 2 is 2.35 bits per heavy atom. The van der Waals surface area contributed by atoms with E-state index in [1.165, 1.54) is 6.42 Å². The van der Waals surface area contributed by atoms with E-state index < -0.39 is 10.8 Å². The number of nitrogens with one attached hydrogen (secondary N) is 1. The molecule has 1 aromatic heterocycles. The zero-order valence-electron chi connectivity index (χ0n) is 11.0. The first-order chi connectivity index (χ1) is 8.15. The van der Waals surface area contributed by atoms with E-state index in [-0.39, 0.29) is 5.25 Å². The van der Waals surface area contributed by atoms with E-state index in [1.54, 1.807) is 6.26 Å². The van der Waals surface area contributed by atoms with Crippen molar-refractivity contribution in [2.45, 2.75) is 44.9 Å². The third-order valence-electron chi connectivity index (χ3n) is 2.87. The summed E-state index contributed by atoms with van der Waals surface area (Å²) in [6.45, 7) is 6.03. The summed E-state index contributed by atoms with van der Waals surface area (Å²) in [4.78, 5) is 4.29. The maximum atomic E-state index is 11.3. The highest BCUT2D eigenvalue weighted by Gasteiger charge is 2.08. The number of hydrogen-bond acceptors (Lipinski definition) is 3. The summed E-state index contributed by atoms with van der Waals surface area (Å²) < 4.78 is 13.4. The number of nitrogens with zero attached hydrogens (tertiary/aromatic N) is 2. The third kappa shape index (κ3) is 4.89. The number of rotatable bonds is 8. The Balaban J connectivity index is 2.42. The molecule has 0 saturated heterocycles. The topological polar surface area (TPSA) is 46.9 Å². The van der Waals surface area contributed by atoms with Gasteiger partial charge in [-0.05, 0) is 12.8 Å². The van der Waals surface area contributed by atoms with Gasteiger partial charge in [-0.1, -0.05) is 20.3 Å². The monoisotopic (exact) mass is 257 g/mol. The van der Waals surface area contributed by atoms with E-state index in [0.717, 1.165) is 31.9 Å². The summed E-state index contributed by atoms with van der Waals surface area (Å²) in [7, 11) is -0.739. The van der Waals surface area contributed by atoms with Gasteiger partial charge in [0.1, 0.15) is 0 Å². The highest BCUT2D eigenvalue weighted by molar-refractivity contribution is 7.84. The van der Waals surface area contributed by atoms with Gasteiger partial charge in [-0.3, -0.25) is 4.21 Å². The Bertz CT molecular complexity index is 351. The number of anilines is 1. The molecule has 0 saturated carbocycles. The fourth-order valence-corrected chi connectivity index (χ4v) is 1.96. The lowest BCUT2D eigenvalue weighted by atomic mass is 10.3. The number of aryl methyl sites for hydroxylation is 1. The Morgan fingerprint density at radius 3 is 3.00 bits per heavy atom. The van der Waals surface area contributed by atoms with Crippen molar-refractivity contribution in [2.24, 2.45) is 0 Å². The van der Waals surface area contributed by atoms with Crippen LogP contribution in [0.5, 0.6) is 0 Å². The van der Waals surface area contributed by atoms with Crippen molar-refractivity contribution in [3.8, 4) is 0 Å². The van der Waals surface area contributed by atoms with Crippen molar-refractivity contribution in [3.63, 3.8) is 0 Å². The van der Waals surface area contributed by atoms with Gasteiger partial charge in [-0.25, -0.2) is 4.98 Å². The van der Waals surface area contributed by atoms with Gasteiger partial charge in [-0.2, -0.15) is 0 Å². The fraction of sp³-hybridized carbons (Fsp3) is 0.750. The molecule has 0 fully saturated rings. The van der Waals surface area contributed by atoms with E-state index in [9.17, 15) is 4.21 Å². The van der Waals surface area contributed by atoms with Gasteiger partial charge in [0.25, 0.3) is 0 Å². The van der Waals surface area contributed by atoms with Gasteiger partial charge in [0, 0.05) is 47.8 Å². The minimum atomic E-state index is -0.739. The fourth-order valence-electron chi connectivity index (χ4n) is 1.52. The van der Waals surface area contributed by atoms with Crippen LogP contribution in [-0.4, -0.2) is 31.8 Å². The molecular formula is C12H23N3OS. The van der Waals surface area contributed by atoms with E-state index in [4.69, 9.17) is 0 Å². The van der Waals surface area contributed by atoms with Crippen LogP contribution in [0.15, 0.2) is 12.4 Å². The smallest absolute Gasteiger partial charge is 0.202 e. The molecule has 0 amide bonds. The molecule has 1 heterocycles. The molecule has 0 aliphatic rings. The second kappa shape index (κ2) is 7.48.